The minimum atomic E-state index is -0.144. The van der Waals surface area contributed by atoms with E-state index in [9.17, 15) is 0 Å². The van der Waals surface area contributed by atoms with E-state index < -0.39 is 0 Å². The Kier molecular flexibility index (Phi) is 7.58. The zero-order chi connectivity index (χ0) is 40.0. The molecule has 12 rings (SSSR count). The van der Waals surface area contributed by atoms with Crippen molar-refractivity contribution in [1.82, 2.24) is 0 Å². The summed E-state index contributed by atoms with van der Waals surface area (Å²) in [4.78, 5) is 2.37. The van der Waals surface area contributed by atoms with E-state index in [2.05, 4.69) is 213 Å². The van der Waals surface area contributed by atoms with Gasteiger partial charge in [0.2, 0.25) is 0 Å². The lowest BCUT2D eigenvalue weighted by atomic mass is 9.81. The molecule has 11 aromatic rings. The van der Waals surface area contributed by atoms with Crippen molar-refractivity contribution in [3.8, 4) is 44.5 Å². The van der Waals surface area contributed by atoms with Gasteiger partial charge in [-0.25, -0.2) is 0 Å². The van der Waals surface area contributed by atoms with Gasteiger partial charge in [-0.1, -0.05) is 159 Å². The maximum absolute atomic E-state index is 7.04. The molecule has 284 valence electrons. The van der Waals surface area contributed by atoms with Crippen molar-refractivity contribution >= 4 is 60.9 Å². The molecule has 0 aliphatic heterocycles. The highest BCUT2D eigenvalue weighted by Crippen LogP contribution is 2.52. The summed E-state index contributed by atoms with van der Waals surface area (Å²) in [5, 5.41) is 4.20. The molecule has 0 amide bonds. The summed E-state index contributed by atoms with van der Waals surface area (Å²) in [6, 6.07) is 71.7. The first-order valence-electron chi connectivity index (χ1n) is 20.7. The molecule has 0 fully saturated rings. The molecule has 0 N–H and O–H groups in total. The molecule has 60 heavy (non-hydrogen) atoms. The second-order valence-electron chi connectivity index (χ2n) is 16.4. The Balaban J connectivity index is 1.09. The third-order valence-electron chi connectivity index (χ3n) is 12.7. The Bertz CT molecular complexity index is 3450. The van der Waals surface area contributed by atoms with Gasteiger partial charge in [0.1, 0.15) is 22.3 Å². The molecule has 0 saturated carbocycles. The first-order chi connectivity index (χ1) is 29.5. The molecule has 0 unspecified atom stereocenters. The van der Waals surface area contributed by atoms with E-state index in [4.69, 9.17) is 8.83 Å². The van der Waals surface area contributed by atoms with Crippen LogP contribution in [0.15, 0.2) is 209 Å². The molecule has 0 spiro atoms. The van der Waals surface area contributed by atoms with E-state index in [0.717, 1.165) is 83.2 Å². The Morgan fingerprint density at radius 2 is 1.00 bits per heavy atom. The fraction of sp³-hybridized carbons (Fsp3) is 0.0526. The van der Waals surface area contributed by atoms with Crippen LogP contribution in [0.3, 0.4) is 0 Å². The lowest BCUT2D eigenvalue weighted by Crippen LogP contribution is -2.14. The number of nitrogens with zero attached hydrogens (tertiary/aromatic N) is 1. The summed E-state index contributed by atoms with van der Waals surface area (Å²) in [7, 11) is 0. The summed E-state index contributed by atoms with van der Waals surface area (Å²) in [5.41, 5.74) is 18.6. The zero-order valence-corrected chi connectivity index (χ0v) is 33.3. The maximum atomic E-state index is 7.04. The number of benzene rings is 9. The molecule has 2 heterocycles. The van der Waals surface area contributed by atoms with Gasteiger partial charge in [0.05, 0.1) is 5.69 Å². The molecular weight excluding hydrogens is 731 g/mol. The van der Waals surface area contributed by atoms with E-state index in [1.54, 1.807) is 0 Å². The molecule has 0 bridgehead atoms. The smallest absolute Gasteiger partial charge is 0.144 e. The molecule has 2 aromatic heterocycles. The van der Waals surface area contributed by atoms with Crippen molar-refractivity contribution in [2.75, 3.05) is 4.90 Å². The summed E-state index contributed by atoms with van der Waals surface area (Å²) in [6.45, 7) is 4.68. The number of furan rings is 2. The molecule has 0 saturated heterocycles. The van der Waals surface area contributed by atoms with Crippen LogP contribution in [0.1, 0.15) is 25.0 Å². The standard InChI is InChI=1S/C57H39NO2/c1-57(2)48-22-12-9-20-43(48)44-31-27-39(33-49(44)57)54-55-45-21-11-14-24-51(45)59-53(55)35-47-46-34-41(30-32-52(46)60-56(47)54)58(40-28-25-37(26-29-40)36-15-5-3-6-16-36)50-23-13-10-19-42(50)38-17-7-4-8-18-38/h3-35H,1-2H3. The van der Waals surface area contributed by atoms with E-state index in [1.807, 2.05) is 6.07 Å². The predicted octanol–water partition coefficient (Wildman–Crippen LogP) is 16.3. The Morgan fingerprint density at radius 3 is 1.82 bits per heavy atom. The number of para-hydroxylation sites is 2. The van der Waals surface area contributed by atoms with E-state index in [0.29, 0.717) is 0 Å². The van der Waals surface area contributed by atoms with Crippen molar-refractivity contribution < 1.29 is 8.83 Å². The average Bonchev–Trinajstić information content (AvgIpc) is 3.93. The van der Waals surface area contributed by atoms with Crippen LogP contribution in [-0.4, -0.2) is 0 Å². The third kappa shape index (κ3) is 5.22. The van der Waals surface area contributed by atoms with Crippen LogP contribution < -0.4 is 4.90 Å². The SMILES string of the molecule is CC1(C)c2ccccc2-c2ccc(-c3c4oc5ccc(N(c6ccc(-c7ccccc7)cc6)c6ccccc6-c6ccccc6)cc5c4cc4oc5ccccc5c34)cc21. The van der Waals surface area contributed by atoms with Gasteiger partial charge in [-0.2, -0.15) is 0 Å². The highest BCUT2D eigenvalue weighted by Gasteiger charge is 2.36. The van der Waals surface area contributed by atoms with E-state index in [1.165, 1.54) is 33.4 Å². The second kappa shape index (κ2) is 13.2. The summed E-state index contributed by atoms with van der Waals surface area (Å²) in [5.74, 6) is 0. The highest BCUT2D eigenvalue weighted by molar-refractivity contribution is 6.24. The quantitative estimate of drug-likeness (QED) is 0.169. The molecule has 9 aromatic carbocycles. The van der Waals surface area contributed by atoms with E-state index >= 15 is 0 Å². The first kappa shape index (κ1) is 34.4. The molecule has 1 aliphatic rings. The largest absolute Gasteiger partial charge is 0.456 e. The van der Waals surface area contributed by atoms with Crippen LogP contribution in [-0.2, 0) is 5.41 Å². The molecular formula is C57H39NO2. The number of anilines is 3. The highest BCUT2D eigenvalue weighted by atomic mass is 16.3. The minimum Gasteiger partial charge on any atom is -0.456 e. The fourth-order valence-electron chi connectivity index (χ4n) is 9.77. The average molecular weight is 770 g/mol. The molecule has 0 atom stereocenters. The lowest BCUT2D eigenvalue weighted by molar-refractivity contribution is 0.660. The third-order valence-corrected chi connectivity index (χ3v) is 12.7. The summed E-state index contributed by atoms with van der Waals surface area (Å²) < 4.78 is 13.7. The van der Waals surface area contributed by atoms with Gasteiger partial charge in [-0.3, -0.25) is 0 Å². The molecule has 3 nitrogen and oxygen atoms in total. The Hall–Kier alpha value is -7.62. The minimum absolute atomic E-state index is 0.144. The van der Waals surface area contributed by atoms with Gasteiger partial charge in [-0.15, -0.1) is 0 Å². The van der Waals surface area contributed by atoms with Gasteiger partial charge in [-0.05, 0) is 99.1 Å². The number of hydrogen-bond acceptors (Lipinski definition) is 3. The lowest BCUT2D eigenvalue weighted by Gasteiger charge is -2.28. The van der Waals surface area contributed by atoms with Crippen LogP contribution >= 0.6 is 0 Å². The number of fused-ring (bicyclic) bond motifs is 9. The van der Waals surface area contributed by atoms with Crippen molar-refractivity contribution in [2.24, 2.45) is 0 Å². The van der Waals surface area contributed by atoms with Gasteiger partial charge >= 0.3 is 0 Å². The molecule has 3 heteroatoms. The maximum Gasteiger partial charge on any atom is 0.144 e. The van der Waals surface area contributed by atoms with Crippen LogP contribution in [0.5, 0.6) is 0 Å². The Morgan fingerprint density at radius 1 is 0.383 bits per heavy atom. The zero-order valence-electron chi connectivity index (χ0n) is 33.3. The van der Waals surface area contributed by atoms with Crippen LogP contribution in [0.4, 0.5) is 17.1 Å². The summed E-state index contributed by atoms with van der Waals surface area (Å²) in [6.07, 6.45) is 0. The van der Waals surface area contributed by atoms with Crippen molar-refractivity contribution in [2.45, 2.75) is 19.3 Å². The van der Waals surface area contributed by atoms with Gasteiger partial charge in [0.15, 0.2) is 0 Å². The van der Waals surface area contributed by atoms with Gasteiger partial charge in [0.25, 0.3) is 0 Å². The van der Waals surface area contributed by atoms with Crippen LogP contribution in [0, 0.1) is 0 Å². The number of rotatable bonds is 6. The molecule has 0 radical (unpaired) electrons. The summed E-state index contributed by atoms with van der Waals surface area (Å²) >= 11 is 0. The van der Waals surface area contributed by atoms with Crippen LogP contribution in [0.2, 0.25) is 0 Å². The van der Waals surface area contributed by atoms with E-state index in [-0.39, 0.29) is 5.41 Å². The van der Waals surface area contributed by atoms with Crippen molar-refractivity contribution in [3.05, 3.63) is 211 Å². The van der Waals surface area contributed by atoms with Crippen molar-refractivity contribution in [1.29, 1.82) is 0 Å². The topological polar surface area (TPSA) is 29.5 Å². The second-order valence-corrected chi connectivity index (χ2v) is 16.4. The fourth-order valence-corrected chi connectivity index (χ4v) is 9.77. The first-order valence-corrected chi connectivity index (χ1v) is 20.7. The van der Waals surface area contributed by atoms with Crippen LogP contribution in [0.25, 0.3) is 88.4 Å². The monoisotopic (exact) mass is 769 g/mol. The van der Waals surface area contributed by atoms with Gasteiger partial charge < -0.3 is 13.7 Å². The predicted molar refractivity (Wildman–Crippen MR) is 250 cm³/mol. The van der Waals surface area contributed by atoms with Gasteiger partial charge in [0, 0.05) is 49.5 Å². The number of hydrogen-bond donors (Lipinski definition) is 0. The van der Waals surface area contributed by atoms with Crippen molar-refractivity contribution in [3.63, 3.8) is 0 Å². The normalized spacial score (nSPS) is 13.0. The molecule has 1 aliphatic carbocycles. The Labute approximate surface area is 348 Å².